The number of carbonyl (C=O) groups excluding carboxylic acids is 1. The predicted octanol–water partition coefficient (Wildman–Crippen LogP) is 0.779. The molecule has 3 atom stereocenters. The maximum Gasteiger partial charge on any atom is 0.240 e. The summed E-state index contributed by atoms with van der Waals surface area (Å²) >= 11 is 0. The van der Waals surface area contributed by atoms with Gasteiger partial charge in [-0.1, -0.05) is 19.8 Å². The Labute approximate surface area is 106 Å². The number of carbonyl (C=O) groups is 1. The normalized spacial score (nSPS) is 30.9. The Balaban J connectivity index is 2.33. The molecular weight excluding hydrogens is 236 g/mol. The molecular formula is C12H24N2O2S. The molecule has 3 N–H and O–H groups in total. The van der Waals surface area contributed by atoms with Crippen LogP contribution in [0.1, 0.15) is 39.0 Å². The Morgan fingerprint density at radius 1 is 1.59 bits per heavy atom. The molecule has 4 nitrogen and oxygen atoms in total. The van der Waals surface area contributed by atoms with Gasteiger partial charge in [0.15, 0.2) is 0 Å². The molecule has 3 unspecified atom stereocenters. The molecule has 17 heavy (non-hydrogen) atoms. The molecule has 0 saturated heterocycles. The maximum absolute atomic E-state index is 12.0. The monoisotopic (exact) mass is 260 g/mol. The van der Waals surface area contributed by atoms with E-state index in [4.69, 9.17) is 5.73 Å². The molecule has 0 heterocycles. The molecule has 1 amide bonds. The lowest BCUT2D eigenvalue weighted by Crippen LogP contribution is -2.56. The van der Waals surface area contributed by atoms with E-state index in [1.165, 1.54) is 6.42 Å². The Hall–Kier alpha value is -0.420. The van der Waals surface area contributed by atoms with E-state index in [2.05, 4.69) is 12.2 Å². The van der Waals surface area contributed by atoms with Crippen LogP contribution in [0.2, 0.25) is 0 Å². The fraction of sp³-hybridized carbons (Fsp3) is 0.917. The molecule has 1 aliphatic rings. The topological polar surface area (TPSA) is 72.2 Å². The van der Waals surface area contributed by atoms with Crippen LogP contribution < -0.4 is 11.1 Å². The summed E-state index contributed by atoms with van der Waals surface area (Å²) < 4.78 is 10.9. The van der Waals surface area contributed by atoms with Crippen molar-refractivity contribution in [3.05, 3.63) is 0 Å². The number of nitrogens with one attached hydrogen (secondary N) is 1. The lowest BCUT2D eigenvalue weighted by Gasteiger charge is -2.35. The standard InChI is InChI=1S/C12H24N2O2S/c1-10-5-3-6-12(13,9-10)11(15)14-7-4-8-17(2)16/h10H,3-9,13H2,1-2H3,(H,14,15). The van der Waals surface area contributed by atoms with Gasteiger partial charge in [0.05, 0.1) is 5.54 Å². The van der Waals surface area contributed by atoms with E-state index in [9.17, 15) is 9.00 Å². The predicted molar refractivity (Wildman–Crippen MR) is 71.1 cm³/mol. The molecule has 0 aromatic carbocycles. The Morgan fingerprint density at radius 2 is 2.29 bits per heavy atom. The van der Waals surface area contributed by atoms with Crippen LogP contribution in [0.25, 0.3) is 0 Å². The second-order valence-corrected chi connectivity index (χ2v) is 6.80. The number of nitrogens with two attached hydrogens (primary N) is 1. The number of amides is 1. The van der Waals surface area contributed by atoms with Gasteiger partial charge in [-0.15, -0.1) is 0 Å². The molecule has 1 aliphatic carbocycles. The first-order chi connectivity index (χ1) is 7.94. The molecule has 1 rings (SSSR count). The van der Waals surface area contributed by atoms with E-state index in [0.717, 1.165) is 25.7 Å². The van der Waals surface area contributed by atoms with Crippen LogP contribution in [0.4, 0.5) is 0 Å². The minimum Gasteiger partial charge on any atom is -0.354 e. The van der Waals surface area contributed by atoms with Gasteiger partial charge in [-0.2, -0.15) is 0 Å². The van der Waals surface area contributed by atoms with E-state index in [1.54, 1.807) is 6.26 Å². The molecule has 0 aliphatic heterocycles. The van der Waals surface area contributed by atoms with Crippen molar-refractivity contribution in [2.75, 3.05) is 18.6 Å². The average Bonchev–Trinajstić information content (AvgIpc) is 2.23. The van der Waals surface area contributed by atoms with Crippen molar-refractivity contribution in [2.24, 2.45) is 11.7 Å². The Morgan fingerprint density at radius 3 is 2.88 bits per heavy atom. The third-order valence-corrected chi connectivity index (χ3v) is 4.24. The molecule has 1 saturated carbocycles. The molecule has 0 aromatic heterocycles. The zero-order valence-corrected chi connectivity index (χ0v) is 11.6. The molecule has 1 fully saturated rings. The zero-order chi connectivity index (χ0) is 12.9. The van der Waals surface area contributed by atoms with E-state index in [1.807, 2.05) is 0 Å². The molecule has 0 aromatic rings. The largest absolute Gasteiger partial charge is 0.354 e. The van der Waals surface area contributed by atoms with Crippen LogP contribution in [0.5, 0.6) is 0 Å². The van der Waals surface area contributed by atoms with Gasteiger partial charge >= 0.3 is 0 Å². The summed E-state index contributed by atoms with van der Waals surface area (Å²) in [4.78, 5) is 12.0. The minimum atomic E-state index is -0.784. The number of hydrogen-bond donors (Lipinski definition) is 2. The van der Waals surface area contributed by atoms with Gasteiger partial charge in [0, 0.05) is 29.4 Å². The fourth-order valence-electron chi connectivity index (χ4n) is 2.45. The zero-order valence-electron chi connectivity index (χ0n) is 10.8. The van der Waals surface area contributed by atoms with Crippen molar-refractivity contribution in [3.8, 4) is 0 Å². The maximum atomic E-state index is 12.0. The third kappa shape index (κ3) is 4.76. The lowest BCUT2D eigenvalue weighted by molar-refractivity contribution is -0.128. The quantitative estimate of drug-likeness (QED) is 0.718. The van der Waals surface area contributed by atoms with Gasteiger partial charge in [-0.25, -0.2) is 0 Å². The van der Waals surface area contributed by atoms with Crippen LogP contribution in [0.3, 0.4) is 0 Å². The first kappa shape index (κ1) is 14.6. The molecule has 5 heteroatoms. The van der Waals surface area contributed by atoms with Crippen LogP contribution in [0.15, 0.2) is 0 Å². The SMILES string of the molecule is CC1CCCC(N)(C(=O)NCCCS(C)=O)C1. The molecule has 100 valence electrons. The summed E-state index contributed by atoms with van der Waals surface area (Å²) in [6.07, 6.45) is 6.18. The van der Waals surface area contributed by atoms with Crippen molar-refractivity contribution in [1.82, 2.24) is 5.32 Å². The number of hydrogen-bond acceptors (Lipinski definition) is 3. The summed E-state index contributed by atoms with van der Waals surface area (Å²) in [7, 11) is -0.784. The van der Waals surface area contributed by atoms with Gasteiger partial charge in [0.2, 0.25) is 5.91 Å². The van der Waals surface area contributed by atoms with Crippen molar-refractivity contribution in [1.29, 1.82) is 0 Å². The van der Waals surface area contributed by atoms with E-state index in [0.29, 0.717) is 18.2 Å². The summed E-state index contributed by atoms with van der Waals surface area (Å²) in [5, 5.41) is 2.87. The molecule has 0 radical (unpaired) electrons. The van der Waals surface area contributed by atoms with Crippen molar-refractivity contribution in [2.45, 2.75) is 44.6 Å². The molecule has 0 bridgehead atoms. The smallest absolute Gasteiger partial charge is 0.240 e. The summed E-state index contributed by atoms with van der Waals surface area (Å²) in [6, 6.07) is 0. The summed E-state index contributed by atoms with van der Waals surface area (Å²) in [6.45, 7) is 2.72. The highest BCUT2D eigenvalue weighted by molar-refractivity contribution is 7.84. The van der Waals surface area contributed by atoms with E-state index in [-0.39, 0.29) is 5.91 Å². The summed E-state index contributed by atoms with van der Waals surface area (Å²) in [5.41, 5.74) is 5.49. The summed E-state index contributed by atoms with van der Waals surface area (Å²) in [5.74, 6) is 1.13. The second kappa shape index (κ2) is 6.50. The van der Waals surface area contributed by atoms with E-state index >= 15 is 0 Å². The van der Waals surface area contributed by atoms with Gasteiger partial charge in [-0.3, -0.25) is 9.00 Å². The van der Waals surface area contributed by atoms with Crippen LogP contribution in [-0.4, -0.2) is 34.2 Å². The third-order valence-electron chi connectivity index (χ3n) is 3.38. The van der Waals surface area contributed by atoms with E-state index < -0.39 is 16.3 Å². The van der Waals surface area contributed by atoms with Gasteiger partial charge in [-0.05, 0) is 25.2 Å². The Kier molecular flexibility index (Phi) is 5.59. The fourth-order valence-corrected chi connectivity index (χ4v) is 3.00. The van der Waals surface area contributed by atoms with Crippen molar-refractivity contribution in [3.63, 3.8) is 0 Å². The highest BCUT2D eigenvalue weighted by atomic mass is 32.2. The first-order valence-corrected chi connectivity index (χ1v) is 8.04. The highest BCUT2D eigenvalue weighted by Gasteiger charge is 2.37. The first-order valence-electron chi connectivity index (χ1n) is 6.31. The van der Waals surface area contributed by atoms with Crippen molar-refractivity contribution >= 4 is 16.7 Å². The van der Waals surface area contributed by atoms with Gasteiger partial charge < -0.3 is 11.1 Å². The lowest BCUT2D eigenvalue weighted by atomic mass is 9.76. The highest BCUT2D eigenvalue weighted by Crippen LogP contribution is 2.30. The van der Waals surface area contributed by atoms with Crippen LogP contribution in [0, 0.1) is 5.92 Å². The van der Waals surface area contributed by atoms with Crippen molar-refractivity contribution < 1.29 is 9.00 Å². The van der Waals surface area contributed by atoms with Gasteiger partial charge in [0.25, 0.3) is 0 Å². The van der Waals surface area contributed by atoms with Gasteiger partial charge in [0.1, 0.15) is 0 Å². The average molecular weight is 260 g/mol. The second-order valence-electron chi connectivity index (χ2n) is 5.24. The van der Waals surface area contributed by atoms with Crippen LogP contribution in [-0.2, 0) is 15.6 Å². The molecule has 0 spiro atoms. The van der Waals surface area contributed by atoms with Crippen LogP contribution >= 0.6 is 0 Å². The Bertz CT molecular complexity index is 296. The number of rotatable bonds is 5. The minimum absolute atomic E-state index is 0.0362.